The van der Waals surface area contributed by atoms with E-state index in [1.807, 2.05) is 17.0 Å². The van der Waals surface area contributed by atoms with Gasteiger partial charge in [-0.25, -0.2) is 9.97 Å². The van der Waals surface area contributed by atoms with E-state index in [1.165, 1.54) is 0 Å². The van der Waals surface area contributed by atoms with Gasteiger partial charge < -0.3 is 14.4 Å². The number of amides is 1. The Morgan fingerprint density at radius 2 is 2.20 bits per heavy atom. The first-order chi connectivity index (χ1) is 12.3. The molecule has 2 saturated heterocycles. The van der Waals surface area contributed by atoms with Crippen LogP contribution in [-0.4, -0.2) is 58.7 Å². The maximum Gasteiger partial charge on any atom is 0.291 e. The second-order valence-electron chi connectivity index (χ2n) is 6.69. The normalized spacial score (nSPS) is 25.1. The zero-order chi connectivity index (χ0) is 17.1. The van der Waals surface area contributed by atoms with Crippen molar-refractivity contribution in [3.05, 3.63) is 54.4 Å². The number of likely N-dealkylation sites (tertiary alicyclic amines) is 1. The lowest BCUT2D eigenvalue weighted by molar-refractivity contribution is 0.0184. The number of carbonyl (C=O) groups excluding carboxylic acids is 1. The summed E-state index contributed by atoms with van der Waals surface area (Å²) in [6.07, 6.45) is 6.73. The third-order valence-corrected chi connectivity index (χ3v) is 4.95. The number of hydrogen-bond acceptors (Lipinski definition) is 6. The molecule has 7 nitrogen and oxygen atoms in total. The summed E-state index contributed by atoms with van der Waals surface area (Å²) in [5, 5.41) is 0. The lowest BCUT2D eigenvalue weighted by atomic mass is 9.82. The minimum absolute atomic E-state index is 0.123. The van der Waals surface area contributed by atoms with Crippen LogP contribution in [0.3, 0.4) is 0 Å². The van der Waals surface area contributed by atoms with Crippen LogP contribution in [0.1, 0.15) is 16.2 Å². The number of nitrogens with zero attached hydrogens (tertiary/aromatic N) is 4. The summed E-state index contributed by atoms with van der Waals surface area (Å²) in [7, 11) is 0. The maximum absolute atomic E-state index is 12.6. The van der Waals surface area contributed by atoms with Crippen LogP contribution in [0.5, 0.6) is 0 Å². The highest BCUT2D eigenvalue weighted by atomic mass is 16.5. The van der Waals surface area contributed by atoms with Gasteiger partial charge in [0, 0.05) is 49.2 Å². The number of fused-ring (bicyclic) bond motifs is 1. The molecule has 0 spiro atoms. The summed E-state index contributed by atoms with van der Waals surface area (Å²) < 4.78 is 11.6. The summed E-state index contributed by atoms with van der Waals surface area (Å²) in [4.78, 5) is 26.7. The molecule has 0 saturated carbocycles. The van der Waals surface area contributed by atoms with Gasteiger partial charge in [-0.2, -0.15) is 0 Å². The Bertz CT molecular complexity index is 728. The average molecular weight is 340 g/mol. The third kappa shape index (κ3) is 3.25. The maximum atomic E-state index is 12.6. The van der Waals surface area contributed by atoms with Gasteiger partial charge in [-0.05, 0) is 17.7 Å². The molecule has 2 aromatic heterocycles. The summed E-state index contributed by atoms with van der Waals surface area (Å²) >= 11 is 0. The van der Waals surface area contributed by atoms with E-state index < -0.39 is 0 Å². The fourth-order valence-corrected chi connectivity index (χ4v) is 3.60. The Morgan fingerprint density at radius 1 is 1.32 bits per heavy atom. The van der Waals surface area contributed by atoms with Crippen molar-refractivity contribution >= 4 is 5.91 Å². The van der Waals surface area contributed by atoms with Crippen molar-refractivity contribution in [2.24, 2.45) is 11.3 Å². The van der Waals surface area contributed by atoms with Crippen molar-refractivity contribution in [1.29, 1.82) is 0 Å². The molecule has 0 aliphatic carbocycles. The molecule has 0 radical (unpaired) electrons. The molecule has 2 aliphatic heterocycles. The molecular formula is C18H20N4O3. The van der Waals surface area contributed by atoms with Gasteiger partial charge in [0.2, 0.25) is 5.82 Å². The molecule has 4 rings (SSSR count). The van der Waals surface area contributed by atoms with Gasteiger partial charge in [-0.15, -0.1) is 0 Å². The van der Waals surface area contributed by atoms with Crippen LogP contribution in [0.2, 0.25) is 0 Å². The van der Waals surface area contributed by atoms with Gasteiger partial charge in [0.15, 0.2) is 0 Å². The monoisotopic (exact) mass is 340 g/mol. The zero-order valence-electron chi connectivity index (χ0n) is 13.9. The summed E-state index contributed by atoms with van der Waals surface area (Å²) in [6.45, 7) is 3.62. The molecule has 0 bridgehead atoms. The van der Waals surface area contributed by atoms with E-state index >= 15 is 0 Å². The van der Waals surface area contributed by atoms with Gasteiger partial charge in [-0.3, -0.25) is 9.78 Å². The molecule has 0 aromatic carbocycles. The van der Waals surface area contributed by atoms with Gasteiger partial charge in [0.05, 0.1) is 26.4 Å². The predicted molar refractivity (Wildman–Crippen MR) is 88.6 cm³/mol. The molecule has 4 heterocycles. The molecule has 7 heteroatoms. The highest BCUT2D eigenvalue weighted by molar-refractivity contribution is 5.90. The van der Waals surface area contributed by atoms with Crippen LogP contribution >= 0.6 is 0 Å². The second kappa shape index (κ2) is 6.85. The molecule has 2 aliphatic rings. The van der Waals surface area contributed by atoms with Crippen LogP contribution in [0.15, 0.2) is 43.0 Å². The number of carbonyl (C=O) groups is 1. The number of rotatable bonds is 5. The van der Waals surface area contributed by atoms with Crippen molar-refractivity contribution < 1.29 is 14.3 Å². The smallest absolute Gasteiger partial charge is 0.291 e. The number of hydrogen-bond donors (Lipinski definition) is 0. The fraction of sp³-hybridized carbons (Fsp3) is 0.444. The van der Waals surface area contributed by atoms with Gasteiger partial charge >= 0.3 is 0 Å². The van der Waals surface area contributed by atoms with Crippen molar-refractivity contribution in [2.75, 3.05) is 32.9 Å². The Hall–Kier alpha value is -2.38. The molecular weight excluding hydrogens is 320 g/mol. The summed E-state index contributed by atoms with van der Waals surface area (Å²) in [6, 6.07) is 5.59. The topological polar surface area (TPSA) is 77.4 Å². The van der Waals surface area contributed by atoms with Gasteiger partial charge in [0.25, 0.3) is 5.91 Å². The molecule has 0 N–H and O–H groups in total. The SMILES string of the molecule is O=C(c1ncccn1)N1C[C@@H]2COC[C@]2(COCc2cccnc2)C1. The van der Waals surface area contributed by atoms with E-state index in [1.54, 1.807) is 30.9 Å². The minimum Gasteiger partial charge on any atom is -0.380 e. The first-order valence-electron chi connectivity index (χ1n) is 8.37. The number of ether oxygens (including phenoxy) is 2. The zero-order valence-corrected chi connectivity index (χ0v) is 13.9. The Balaban J connectivity index is 1.41. The van der Waals surface area contributed by atoms with E-state index in [9.17, 15) is 4.79 Å². The number of aromatic nitrogens is 3. The predicted octanol–water partition coefficient (Wildman–Crippen LogP) is 1.18. The van der Waals surface area contributed by atoms with Crippen LogP contribution in [0.4, 0.5) is 0 Å². The second-order valence-corrected chi connectivity index (χ2v) is 6.69. The average Bonchev–Trinajstić information content (AvgIpc) is 3.20. The Labute approximate surface area is 146 Å². The minimum atomic E-state index is -0.146. The van der Waals surface area contributed by atoms with Crippen LogP contribution < -0.4 is 0 Å². The van der Waals surface area contributed by atoms with Crippen LogP contribution in [0, 0.1) is 11.3 Å². The van der Waals surface area contributed by atoms with E-state index in [0.717, 1.165) is 5.56 Å². The number of pyridine rings is 1. The van der Waals surface area contributed by atoms with E-state index in [0.29, 0.717) is 39.5 Å². The molecule has 25 heavy (non-hydrogen) atoms. The summed E-state index contributed by atoms with van der Waals surface area (Å²) in [5.74, 6) is 0.408. The molecule has 2 aromatic rings. The fourth-order valence-electron chi connectivity index (χ4n) is 3.60. The quantitative estimate of drug-likeness (QED) is 0.813. The lowest BCUT2D eigenvalue weighted by Gasteiger charge is -2.26. The first-order valence-corrected chi connectivity index (χ1v) is 8.37. The highest BCUT2D eigenvalue weighted by Crippen LogP contribution is 2.42. The van der Waals surface area contributed by atoms with Crippen LogP contribution in [-0.2, 0) is 16.1 Å². The van der Waals surface area contributed by atoms with Gasteiger partial charge in [0.1, 0.15) is 0 Å². The molecule has 2 fully saturated rings. The molecule has 130 valence electrons. The van der Waals surface area contributed by atoms with E-state index in [-0.39, 0.29) is 23.1 Å². The first kappa shape index (κ1) is 16.1. The highest BCUT2D eigenvalue weighted by Gasteiger charge is 2.52. The van der Waals surface area contributed by atoms with Crippen molar-refractivity contribution in [3.63, 3.8) is 0 Å². The Kier molecular flexibility index (Phi) is 4.42. The van der Waals surface area contributed by atoms with Crippen molar-refractivity contribution in [2.45, 2.75) is 6.61 Å². The molecule has 0 unspecified atom stereocenters. The van der Waals surface area contributed by atoms with Crippen molar-refractivity contribution in [3.8, 4) is 0 Å². The van der Waals surface area contributed by atoms with Crippen molar-refractivity contribution in [1.82, 2.24) is 19.9 Å². The third-order valence-electron chi connectivity index (χ3n) is 4.95. The summed E-state index contributed by atoms with van der Waals surface area (Å²) in [5.41, 5.74) is 0.894. The molecule has 1 amide bonds. The lowest BCUT2D eigenvalue weighted by Crippen LogP contribution is -2.37. The molecule has 2 atom stereocenters. The standard InChI is InChI=1S/C18H20N4O3/c23-17(16-20-5-2-6-21-16)22-8-15-10-25-13-18(15,11-22)12-24-9-14-3-1-4-19-7-14/h1-7,15H,8-13H2/t15-,18-/m1/s1. The van der Waals surface area contributed by atoms with Crippen LogP contribution in [0.25, 0.3) is 0 Å². The Morgan fingerprint density at radius 3 is 3.00 bits per heavy atom. The van der Waals surface area contributed by atoms with E-state index in [2.05, 4.69) is 15.0 Å². The largest absolute Gasteiger partial charge is 0.380 e. The van der Waals surface area contributed by atoms with E-state index in [4.69, 9.17) is 9.47 Å². The van der Waals surface area contributed by atoms with Gasteiger partial charge in [-0.1, -0.05) is 6.07 Å².